The van der Waals surface area contributed by atoms with E-state index >= 15 is 0 Å². The van der Waals surface area contributed by atoms with Crippen LogP contribution in [0.3, 0.4) is 0 Å². The molecule has 0 radical (unpaired) electrons. The van der Waals surface area contributed by atoms with E-state index in [1.54, 1.807) is 46.6 Å². The van der Waals surface area contributed by atoms with Crippen molar-refractivity contribution < 1.29 is 23.7 Å². The summed E-state index contributed by atoms with van der Waals surface area (Å²) in [6.07, 6.45) is 2.92. The monoisotopic (exact) mass is 371 g/mol. The molecule has 144 valence electrons. The first-order chi connectivity index (χ1) is 13.1. The van der Waals surface area contributed by atoms with Crippen molar-refractivity contribution in [1.82, 2.24) is 5.32 Å². The van der Waals surface area contributed by atoms with Crippen LogP contribution < -0.4 is 19.5 Å². The fraction of sp³-hybridized carbons (Fsp3) is 0.286. The van der Waals surface area contributed by atoms with E-state index in [9.17, 15) is 4.79 Å². The first-order valence-corrected chi connectivity index (χ1v) is 8.46. The number of ether oxygens (including phenoxy) is 4. The molecule has 1 N–H and O–H groups in total. The summed E-state index contributed by atoms with van der Waals surface area (Å²) in [6, 6.07) is 13.0. The van der Waals surface area contributed by atoms with Crippen LogP contribution in [0.1, 0.15) is 17.2 Å². The third-order valence-corrected chi connectivity index (χ3v) is 4.05. The fourth-order valence-electron chi connectivity index (χ4n) is 2.56. The van der Waals surface area contributed by atoms with Crippen LogP contribution in [-0.2, 0) is 9.53 Å². The van der Waals surface area contributed by atoms with Crippen molar-refractivity contribution in [2.75, 3.05) is 35.0 Å². The summed E-state index contributed by atoms with van der Waals surface area (Å²) in [5.74, 6) is 1.78. The van der Waals surface area contributed by atoms with Gasteiger partial charge < -0.3 is 24.3 Å². The Hall–Kier alpha value is -2.99. The smallest absolute Gasteiger partial charge is 0.244 e. The van der Waals surface area contributed by atoms with Crippen LogP contribution in [-0.4, -0.2) is 40.9 Å². The van der Waals surface area contributed by atoms with Crippen molar-refractivity contribution in [2.24, 2.45) is 0 Å². The van der Waals surface area contributed by atoms with Crippen LogP contribution in [0, 0.1) is 0 Å². The Labute approximate surface area is 159 Å². The van der Waals surface area contributed by atoms with Gasteiger partial charge in [0.2, 0.25) is 5.91 Å². The average Bonchev–Trinajstić information content (AvgIpc) is 2.72. The molecule has 1 unspecified atom stereocenters. The second-order valence-corrected chi connectivity index (χ2v) is 5.69. The largest absolute Gasteiger partial charge is 0.497 e. The molecule has 2 aromatic rings. The van der Waals surface area contributed by atoms with E-state index in [0.29, 0.717) is 18.0 Å². The van der Waals surface area contributed by atoms with Gasteiger partial charge in [0.25, 0.3) is 0 Å². The molecule has 1 amide bonds. The van der Waals surface area contributed by atoms with Gasteiger partial charge in [0.05, 0.1) is 27.4 Å². The minimum Gasteiger partial charge on any atom is -0.497 e. The van der Waals surface area contributed by atoms with Gasteiger partial charge in [0, 0.05) is 19.7 Å². The number of hydrogen-bond donors (Lipinski definition) is 1. The van der Waals surface area contributed by atoms with Crippen molar-refractivity contribution in [3.8, 4) is 17.2 Å². The number of carbonyl (C=O) groups is 1. The first kappa shape index (κ1) is 20.3. The quantitative estimate of drug-likeness (QED) is 0.686. The predicted octanol–water partition coefficient (Wildman–Crippen LogP) is 3.23. The number of nitrogens with one attached hydrogen (secondary N) is 1. The van der Waals surface area contributed by atoms with Gasteiger partial charge in [-0.25, -0.2) is 0 Å². The zero-order valence-corrected chi connectivity index (χ0v) is 16.0. The topological polar surface area (TPSA) is 66.0 Å². The molecular weight excluding hydrogens is 346 g/mol. The Morgan fingerprint density at radius 3 is 2.44 bits per heavy atom. The van der Waals surface area contributed by atoms with Crippen LogP contribution in [0.4, 0.5) is 0 Å². The lowest BCUT2D eigenvalue weighted by Crippen LogP contribution is -2.27. The third-order valence-electron chi connectivity index (χ3n) is 4.05. The van der Waals surface area contributed by atoms with E-state index in [0.717, 1.165) is 16.9 Å². The molecule has 0 aliphatic carbocycles. The summed E-state index contributed by atoms with van der Waals surface area (Å²) >= 11 is 0. The molecule has 0 bridgehead atoms. The predicted molar refractivity (Wildman–Crippen MR) is 104 cm³/mol. The molecule has 6 heteroatoms. The second-order valence-electron chi connectivity index (χ2n) is 5.69. The normalized spacial score (nSPS) is 11.9. The Morgan fingerprint density at radius 2 is 1.78 bits per heavy atom. The summed E-state index contributed by atoms with van der Waals surface area (Å²) in [5.41, 5.74) is 1.76. The average molecular weight is 371 g/mol. The molecule has 0 heterocycles. The Balaban J connectivity index is 1.97. The maximum Gasteiger partial charge on any atom is 0.244 e. The van der Waals surface area contributed by atoms with Crippen LogP contribution in [0.15, 0.2) is 48.5 Å². The van der Waals surface area contributed by atoms with E-state index in [2.05, 4.69) is 5.32 Å². The summed E-state index contributed by atoms with van der Waals surface area (Å²) in [4.78, 5) is 12.1. The molecule has 0 aliphatic heterocycles. The summed E-state index contributed by atoms with van der Waals surface area (Å²) in [6.45, 7) is 0.346. The molecule has 2 rings (SSSR count). The van der Waals surface area contributed by atoms with E-state index in [1.807, 2.05) is 30.3 Å². The molecule has 0 spiro atoms. The maximum absolute atomic E-state index is 12.1. The lowest BCUT2D eigenvalue weighted by molar-refractivity contribution is -0.117. The molecule has 0 fully saturated rings. The third kappa shape index (κ3) is 5.76. The van der Waals surface area contributed by atoms with E-state index in [-0.39, 0.29) is 12.0 Å². The minimum absolute atomic E-state index is 0.213. The maximum atomic E-state index is 12.1. The number of rotatable bonds is 9. The SMILES string of the molecule is COc1cccc(C(CNC(=O)/C=C/c2ccc(OC)c(OC)c2)OC)c1. The van der Waals surface area contributed by atoms with Gasteiger partial charge in [0.1, 0.15) is 5.75 Å². The standard InChI is InChI=1S/C21H25NO5/c1-24-17-7-5-6-16(13-17)20(27-4)14-22-21(23)11-9-15-8-10-18(25-2)19(12-15)26-3/h5-13,20H,14H2,1-4H3,(H,22,23)/b11-9+. The zero-order chi connectivity index (χ0) is 19.6. The molecular formula is C21H25NO5. The molecule has 1 atom stereocenters. The highest BCUT2D eigenvalue weighted by molar-refractivity contribution is 5.91. The lowest BCUT2D eigenvalue weighted by Gasteiger charge is -2.16. The fourth-order valence-corrected chi connectivity index (χ4v) is 2.56. The van der Waals surface area contributed by atoms with Crippen molar-refractivity contribution in [3.05, 3.63) is 59.7 Å². The number of benzene rings is 2. The van der Waals surface area contributed by atoms with Crippen LogP contribution in [0.5, 0.6) is 17.2 Å². The van der Waals surface area contributed by atoms with Crippen LogP contribution in [0.2, 0.25) is 0 Å². The summed E-state index contributed by atoms with van der Waals surface area (Å²) < 4.78 is 21.2. The summed E-state index contributed by atoms with van der Waals surface area (Å²) in [5, 5.41) is 2.84. The lowest BCUT2D eigenvalue weighted by atomic mass is 10.1. The highest BCUT2D eigenvalue weighted by Gasteiger charge is 2.12. The number of amides is 1. The molecule has 0 saturated heterocycles. The molecule has 27 heavy (non-hydrogen) atoms. The number of methoxy groups -OCH3 is 4. The van der Waals surface area contributed by atoms with E-state index in [1.165, 1.54) is 6.08 Å². The van der Waals surface area contributed by atoms with Gasteiger partial charge in [-0.3, -0.25) is 4.79 Å². The minimum atomic E-state index is -0.265. The molecule has 0 aliphatic rings. The number of carbonyl (C=O) groups excluding carboxylic acids is 1. The highest BCUT2D eigenvalue weighted by Crippen LogP contribution is 2.28. The number of hydrogen-bond acceptors (Lipinski definition) is 5. The Morgan fingerprint density at radius 1 is 1.00 bits per heavy atom. The van der Waals surface area contributed by atoms with Gasteiger partial charge in [-0.15, -0.1) is 0 Å². The van der Waals surface area contributed by atoms with Gasteiger partial charge in [-0.2, -0.15) is 0 Å². The van der Waals surface area contributed by atoms with E-state index < -0.39 is 0 Å². The summed E-state index contributed by atoms with van der Waals surface area (Å²) in [7, 11) is 6.37. The van der Waals surface area contributed by atoms with Crippen LogP contribution in [0.25, 0.3) is 6.08 Å². The molecule has 2 aromatic carbocycles. The molecule has 0 saturated carbocycles. The molecule has 6 nitrogen and oxygen atoms in total. The van der Waals surface area contributed by atoms with Crippen molar-refractivity contribution in [1.29, 1.82) is 0 Å². The Bertz CT molecular complexity index is 788. The first-order valence-electron chi connectivity index (χ1n) is 8.46. The van der Waals surface area contributed by atoms with E-state index in [4.69, 9.17) is 18.9 Å². The van der Waals surface area contributed by atoms with Crippen molar-refractivity contribution in [2.45, 2.75) is 6.10 Å². The second kappa shape index (κ2) is 10.2. The van der Waals surface area contributed by atoms with Gasteiger partial charge in [-0.05, 0) is 41.5 Å². The highest BCUT2D eigenvalue weighted by atomic mass is 16.5. The van der Waals surface area contributed by atoms with Gasteiger partial charge in [0.15, 0.2) is 11.5 Å². The van der Waals surface area contributed by atoms with Crippen molar-refractivity contribution in [3.63, 3.8) is 0 Å². The van der Waals surface area contributed by atoms with Gasteiger partial charge in [-0.1, -0.05) is 18.2 Å². The Kier molecular flexibility index (Phi) is 7.70. The molecule has 0 aromatic heterocycles. The zero-order valence-electron chi connectivity index (χ0n) is 16.0. The van der Waals surface area contributed by atoms with Gasteiger partial charge >= 0.3 is 0 Å². The van der Waals surface area contributed by atoms with Crippen molar-refractivity contribution >= 4 is 12.0 Å². The van der Waals surface area contributed by atoms with Crippen LogP contribution >= 0.6 is 0 Å².